The Morgan fingerprint density at radius 1 is 1.24 bits per heavy atom. The molecule has 1 fully saturated rings. The van der Waals surface area contributed by atoms with Crippen LogP contribution in [-0.4, -0.2) is 37.2 Å². The second-order valence-electron chi connectivity index (χ2n) is 6.20. The van der Waals surface area contributed by atoms with Crippen LogP contribution in [0.2, 0.25) is 0 Å². The molecule has 21 heavy (non-hydrogen) atoms. The third-order valence-electron chi connectivity index (χ3n) is 3.77. The molecule has 1 heterocycles. The summed E-state index contributed by atoms with van der Waals surface area (Å²) in [6, 6.07) is 9.00. The molecule has 0 amide bonds. The maximum Gasteiger partial charge on any atom is 0.119 e. The molecule has 0 bridgehead atoms. The summed E-state index contributed by atoms with van der Waals surface area (Å²) in [7, 11) is 0. The number of rotatable bonds is 6. The Labute approximate surface area is 129 Å². The zero-order valence-corrected chi connectivity index (χ0v) is 13.6. The average Bonchev–Trinajstić information content (AvgIpc) is 2.46. The molecule has 1 aliphatic heterocycles. The van der Waals surface area contributed by atoms with Gasteiger partial charge in [0, 0.05) is 32.2 Å². The molecule has 1 aromatic rings. The van der Waals surface area contributed by atoms with Gasteiger partial charge in [-0.05, 0) is 44.9 Å². The van der Waals surface area contributed by atoms with Crippen LogP contribution in [0.1, 0.15) is 38.8 Å². The van der Waals surface area contributed by atoms with Crippen LogP contribution in [0, 0.1) is 0 Å². The molecule has 3 nitrogen and oxygen atoms in total. The lowest BCUT2D eigenvalue weighted by Gasteiger charge is -2.35. The van der Waals surface area contributed by atoms with Crippen molar-refractivity contribution < 1.29 is 4.74 Å². The van der Waals surface area contributed by atoms with Crippen LogP contribution in [0.15, 0.2) is 36.4 Å². The van der Waals surface area contributed by atoms with E-state index in [0.717, 1.165) is 38.3 Å². The fourth-order valence-corrected chi connectivity index (χ4v) is 2.82. The van der Waals surface area contributed by atoms with Gasteiger partial charge in [0.1, 0.15) is 5.75 Å². The van der Waals surface area contributed by atoms with Crippen molar-refractivity contribution in [2.75, 3.05) is 26.2 Å². The van der Waals surface area contributed by atoms with E-state index in [4.69, 9.17) is 4.74 Å². The summed E-state index contributed by atoms with van der Waals surface area (Å²) in [5.74, 6) is 0.947. The molecule has 1 aliphatic rings. The molecule has 3 heteroatoms. The number of piperazine rings is 1. The zero-order valence-electron chi connectivity index (χ0n) is 13.6. The summed E-state index contributed by atoms with van der Waals surface area (Å²) in [5, 5.41) is 3.42. The van der Waals surface area contributed by atoms with Gasteiger partial charge in [-0.3, -0.25) is 4.90 Å². The smallest absolute Gasteiger partial charge is 0.119 e. The van der Waals surface area contributed by atoms with E-state index in [1.807, 2.05) is 0 Å². The highest BCUT2D eigenvalue weighted by atomic mass is 16.5. The SMILES string of the molecule is C=C(C)C[C@H](c1ccc(OC(C)C)cc1)N1CCNCC1. The van der Waals surface area contributed by atoms with Gasteiger partial charge in [-0.25, -0.2) is 0 Å². The largest absolute Gasteiger partial charge is 0.491 e. The van der Waals surface area contributed by atoms with Crippen molar-refractivity contribution in [2.45, 2.75) is 39.3 Å². The highest BCUT2D eigenvalue weighted by Crippen LogP contribution is 2.29. The molecular formula is C18H28N2O. The van der Waals surface area contributed by atoms with Gasteiger partial charge in [-0.1, -0.05) is 17.7 Å². The van der Waals surface area contributed by atoms with Crippen LogP contribution in [0.3, 0.4) is 0 Å². The molecule has 2 rings (SSSR count). The number of benzene rings is 1. The van der Waals surface area contributed by atoms with E-state index in [1.165, 1.54) is 11.1 Å². The minimum absolute atomic E-state index is 0.218. The zero-order chi connectivity index (χ0) is 15.2. The first-order chi connectivity index (χ1) is 10.1. The lowest BCUT2D eigenvalue weighted by Crippen LogP contribution is -2.45. The number of nitrogens with zero attached hydrogens (tertiary/aromatic N) is 1. The van der Waals surface area contributed by atoms with Crippen LogP contribution in [-0.2, 0) is 0 Å². The van der Waals surface area contributed by atoms with Gasteiger partial charge in [0.25, 0.3) is 0 Å². The first-order valence-electron chi connectivity index (χ1n) is 7.92. The predicted molar refractivity (Wildman–Crippen MR) is 88.8 cm³/mol. The van der Waals surface area contributed by atoms with Gasteiger partial charge in [0.05, 0.1) is 6.10 Å². The summed E-state index contributed by atoms with van der Waals surface area (Å²) < 4.78 is 5.73. The second-order valence-corrected chi connectivity index (χ2v) is 6.20. The molecular weight excluding hydrogens is 260 g/mol. The van der Waals surface area contributed by atoms with Crippen molar-refractivity contribution in [3.63, 3.8) is 0 Å². The monoisotopic (exact) mass is 288 g/mol. The van der Waals surface area contributed by atoms with Crippen molar-refractivity contribution in [3.05, 3.63) is 42.0 Å². The Morgan fingerprint density at radius 3 is 2.38 bits per heavy atom. The minimum atomic E-state index is 0.218. The fraction of sp³-hybridized carbons (Fsp3) is 0.556. The first kappa shape index (κ1) is 16.1. The summed E-state index contributed by atoms with van der Waals surface area (Å²) in [5.41, 5.74) is 2.59. The fourth-order valence-electron chi connectivity index (χ4n) is 2.82. The molecule has 0 saturated carbocycles. The van der Waals surface area contributed by atoms with E-state index in [9.17, 15) is 0 Å². The van der Waals surface area contributed by atoms with Gasteiger partial charge in [0.15, 0.2) is 0 Å². The molecule has 1 N–H and O–H groups in total. The highest BCUT2D eigenvalue weighted by molar-refractivity contribution is 5.30. The lowest BCUT2D eigenvalue weighted by molar-refractivity contribution is 0.172. The number of hydrogen-bond acceptors (Lipinski definition) is 3. The maximum absolute atomic E-state index is 5.73. The molecule has 0 radical (unpaired) electrons. The molecule has 1 aromatic carbocycles. The summed E-state index contributed by atoms with van der Waals surface area (Å²) in [6.45, 7) is 14.7. The van der Waals surface area contributed by atoms with Gasteiger partial charge < -0.3 is 10.1 Å². The quantitative estimate of drug-likeness (QED) is 0.812. The van der Waals surface area contributed by atoms with Crippen LogP contribution in [0.5, 0.6) is 5.75 Å². The van der Waals surface area contributed by atoms with Gasteiger partial charge in [-0.2, -0.15) is 0 Å². The van der Waals surface area contributed by atoms with Crippen LogP contribution in [0.4, 0.5) is 0 Å². The van der Waals surface area contributed by atoms with E-state index >= 15 is 0 Å². The second kappa shape index (κ2) is 7.62. The van der Waals surface area contributed by atoms with Gasteiger partial charge in [-0.15, -0.1) is 6.58 Å². The number of hydrogen-bond donors (Lipinski definition) is 1. The van der Waals surface area contributed by atoms with Crippen molar-refractivity contribution >= 4 is 0 Å². The summed E-state index contributed by atoms with van der Waals surface area (Å²) >= 11 is 0. The molecule has 0 aliphatic carbocycles. The van der Waals surface area contributed by atoms with E-state index in [-0.39, 0.29) is 6.10 Å². The lowest BCUT2D eigenvalue weighted by atomic mass is 9.98. The molecule has 116 valence electrons. The normalized spacial score (nSPS) is 17.7. The van der Waals surface area contributed by atoms with Crippen molar-refractivity contribution in [2.24, 2.45) is 0 Å². The average molecular weight is 288 g/mol. The van der Waals surface area contributed by atoms with Crippen molar-refractivity contribution in [1.82, 2.24) is 10.2 Å². The Hall–Kier alpha value is -1.32. The van der Waals surface area contributed by atoms with Gasteiger partial charge >= 0.3 is 0 Å². The Balaban J connectivity index is 2.13. The molecule has 1 saturated heterocycles. The predicted octanol–water partition coefficient (Wildman–Crippen LogP) is 3.39. The summed E-state index contributed by atoms with van der Waals surface area (Å²) in [6.07, 6.45) is 1.24. The number of nitrogens with one attached hydrogen (secondary N) is 1. The van der Waals surface area contributed by atoms with E-state index < -0.39 is 0 Å². The van der Waals surface area contributed by atoms with Crippen molar-refractivity contribution in [1.29, 1.82) is 0 Å². The van der Waals surface area contributed by atoms with E-state index in [0.29, 0.717) is 6.04 Å². The van der Waals surface area contributed by atoms with E-state index in [1.54, 1.807) is 0 Å². The standard InChI is InChI=1S/C18H28N2O/c1-14(2)13-18(20-11-9-19-10-12-20)16-5-7-17(8-6-16)21-15(3)4/h5-8,15,18-19H,1,9-13H2,2-4H3/t18-/m1/s1. The third kappa shape index (κ3) is 4.87. The van der Waals surface area contributed by atoms with E-state index in [2.05, 4.69) is 61.8 Å². The minimum Gasteiger partial charge on any atom is -0.491 e. The van der Waals surface area contributed by atoms with Crippen LogP contribution < -0.4 is 10.1 Å². The van der Waals surface area contributed by atoms with Crippen molar-refractivity contribution in [3.8, 4) is 5.75 Å². The molecule has 0 spiro atoms. The Kier molecular flexibility index (Phi) is 5.83. The van der Waals surface area contributed by atoms with Crippen LogP contribution in [0.25, 0.3) is 0 Å². The topological polar surface area (TPSA) is 24.5 Å². The van der Waals surface area contributed by atoms with Crippen LogP contribution >= 0.6 is 0 Å². The first-order valence-corrected chi connectivity index (χ1v) is 7.92. The molecule has 0 unspecified atom stereocenters. The number of ether oxygens (including phenoxy) is 1. The Bertz CT molecular complexity index is 447. The Morgan fingerprint density at radius 2 is 1.86 bits per heavy atom. The third-order valence-corrected chi connectivity index (χ3v) is 3.77. The molecule has 0 aromatic heterocycles. The maximum atomic E-state index is 5.73. The highest BCUT2D eigenvalue weighted by Gasteiger charge is 2.22. The summed E-state index contributed by atoms with van der Waals surface area (Å²) in [4.78, 5) is 2.56. The molecule has 1 atom stereocenters. The van der Waals surface area contributed by atoms with Gasteiger partial charge in [0.2, 0.25) is 0 Å².